The molecule has 0 heterocycles. The Bertz CT molecular complexity index is 894. The van der Waals surface area contributed by atoms with Gasteiger partial charge in [0.25, 0.3) is 0 Å². The molecule has 0 bridgehead atoms. The molecule has 0 fully saturated rings. The van der Waals surface area contributed by atoms with Crippen molar-refractivity contribution in [3.8, 4) is 0 Å². The Labute approximate surface area is 193 Å². The van der Waals surface area contributed by atoms with Crippen molar-refractivity contribution in [1.82, 2.24) is 0 Å². The van der Waals surface area contributed by atoms with Gasteiger partial charge in [0.05, 0.1) is 0 Å². The highest BCUT2D eigenvalue weighted by Crippen LogP contribution is 2.48. The summed E-state index contributed by atoms with van der Waals surface area (Å²) in [5, 5.41) is 0. The molecule has 2 rings (SSSR count). The van der Waals surface area contributed by atoms with Crippen molar-refractivity contribution in [2.75, 3.05) is 0 Å². The Balaban J connectivity index is 3.06. The highest BCUT2D eigenvalue weighted by molar-refractivity contribution is 5.56. The largest absolute Gasteiger partial charge is 0.0617 e. The van der Waals surface area contributed by atoms with Crippen LogP contribution in [0, 0.1) is 0 Å². The van der Waals surface area contributed by atoms with E-state index in [1.165, 1.54) is 33.4 Å². The minimum atomic E-state index is -0.115. The predicted octanol–water partition coefficient (Wildman–Crippen LogP) is 9.20. The van der Waals surface area contributed by atoms with Crippen LogP contribution in [0.3, 0.4) is 0 Å². The molecule has 31 heavy (non-hydrogen) atoms. The van der Waals surface area contributed by atoms with Crippen molar-refractivity contribution in [3.05, 3.63) is 69.8 Å². The number of benzene rings is 2. The monoisotopic (exact) mass is 420 g/mol. The third kappa shape index (κ3) is 5.10. The number of rotatable bonds is 2. The molecule has 0 amide bonds. The Morgan fingerprint density at radius 1 is 0.355 bits per heavy atom. The zero-order valence-corrected chi connectivity index (χ0v) is 23.0. The molecule has 0 nitrogen and oxygen atoms in total. The average molecular weight is 421 g/mol. The summed E-state index contributed by atoms with van der Waals surface area (Å²) in [6.45, 7) is 33.2. The molecule has 0 aromatic heterocycles. The van der Waals surface area contributed by atoms with Gasteiger partial charge >= 0.3 is 0 Å². The van der Waals surface area contributed by atoms with Gasteiger partial charge in [-0.2, -0.15) is 0 Å². The van der Waals surface area contributed by atoms with E-state index in [1.54, 1.807) is 0 Å². The lowest BCUT2D eigenvalue weighted by Gasteiger charge is -2.42. The second-order valence-corrected chi connectivity index (χ2v) is 14.1. The average Bonchev–Trinajstić information content (AvgIpc) is 2.57. The molecule has 0 unspecified atom stereocenters. The van der Waals surface area contributed by atoms with Crippen molar-refractivity contribution < 1.29 is 0 Å². The minimum Gasteiger partial charge on any atom is -0.0617 e. The molecule has 0 spiro atoms. The molecule has 2 aromatic rings. The van der Waals surface area contributed by atoms with E-state index in [4.69, 9.17) is 0 Å². The van der Waals surface area contributed by atoms with Gasteiger partial charge in [0.15, 0.2) is 0 Å². The summed E-state index contributed by atoms with van der Waals surface area (Å²) in [4.78, 5) is 0. The van der Waals surface area contributed by atoms with Crippen LogP contribution in [0.1, 0.15) is 130 Å². The third-order valence-electron chi connectivity index (χ3n) is 6.60. The fraction of sp³-hybridized carbons (Fsp3) is 0.613. The Hall–Kier alpha value is -1.56. The fourth-order valence-electron chi connectivity index (χ4n) is 5.12. The summed E-state index contributed by atoms with van der Waals surface area (Å²) in [5.74, 6) is 0. The smallest absolute Gasteiger partial charge is 0.0155 e. The second-order valence-electron chi connectivity index (χ2n) is 14.1. The van der Waals surface area contributed by atoms with Gasteiger partial charge in [-0.3, -0.25) is 0 Å². The summed E-state index contributed by atoms with van der Waals surface area (Å²) in [5.41, 5.74) is 9.09. The second kappa shape index (κ2) is 7.79. The summed E-state index contributed by atoms with van der Waals surface area (Å²) in [6, 6.07) is 14.0. The molecule has 0 saturated carbocycles. The number of hydrogen-bond donors (Lipinski definition) is 0. The van der Waals surface area contributed by atoms with Crippen molar-refractivity contribution in [2.45, 2.75) is 124 Å². The van der Waals surface area contributed by atoms with Crippen LogP contribution >= 0.6 is 0 Å². The SMILES string of the molecule is CC(C)(C)c1cccc(C(C)(C)c2c(C(C)(C)C)cccc2C(C)(C)C)c1C(C)(C)C. The minimum absolute atomic E-state index is 0.0645. The van der Waals surface area contributed by atoms with E-state index in [0.717, 1.165) is 0 Å². The Morgan fingerprint density at radius 3 is 0.935 bits per heavy atom. The molecule has 2 aromatic carbocycles. The maximum Gasteiger partial charge on any atom is 0.0155 e. The van der Waals surface area contributed by atoms with Gasteiger partial charge in [-0.25, -0.2) is 0 Å². The van der Waals surface area contributed by atoms with E-state index in [2.05, 4.69) is 133 Å². The molecule has 0 aliphatic rings. The lowest BCUT2D eigenvalue weighted by molar-refractivity contribution is 0.488. The Kier molecular flexibility index (Phi) is 6.46. The molecular weight excluding hydrogens is 372 g/mol. The van der Waals surface area contributed by atoms with E-state index < -0.39 is 0 Å². The van der Waals surface area contributed by atoms with Crippen LogP contribution in [-0.2, 0) is 27.1 Å². The van der Waals surface area contributed by atoms with E-state index >= 15 is 0 Å². The van der Waals surface area contributed by atoms with E-state index in [0.29, 0.717) is 0 Å². The Morgan fingerprint density at radius 2 is 0.645 bits per heavy atom. The first kappa shape index (κ1) is 25.7. The molecular formula is C31H48. The van der Waals surface area contributed by atoms with Gasteiger partial charge in [0, 0.05) is 5.41 Å². The highest BCUT2D eigenvalue weighted by atomic mass is 14.4. The van der Waals surface area contributed by atoms with Gasteiger partial charge in [-0.15, -0.1) is 0 Å². The van der Waals surface area contributed by atoms with Gasteiger partial charge < -0.3 is 0 Å². The molecule has 0 N–H and O–H groups in total. The van der Waals surface area contributed by atoms with Crippen molar-refractivity contribution in [3.63, 3.8) is 0 Å². The van der Waals surface area contributed by atoms with Crippen LogP contribution < -0.4 is 0 Å². The fourth-order valence-corrected chi connectivity index (χ4v) is 5.12. The first-order valence-electron chi connectivity index (χ1n) is 12.0. The van der Waals surface area contributed by atoms with Crippen LogP contribution in [0.2, 0.25) is 0 Å². The van der Waals surface area contributed by atoms with Crippen LogP contribution in [0.15, 0.2) is 36.4 Å². The normalized spacial score (nSPS) is 14.1. The maximum atomic E-state index is 2.45. The molecule has 172 valence electrons. The van der Waals surface area contributed by atoms with E-state index in [1.807, 2.05) is 0 Å². The van der Waals surface area contributed by atoms with Crippen LogP contribution in [0.25, 0.3) is 0 Å². The summed E-state index contributed by atoms with van der Waals surface area (Å²) in [7, 11) is 0. The van der Waals surface area contributed by atoms with Gasteiger partial charge in [-0.05, 0) is 55.0 Å². The first-order valence-corrected chi connectivity index (χ1v) is 12.0. The lowest BCUT2D eigenvalue weighted by atomic mass is 9.62. The van der Waals surface area contributed by atoms with E-state index in [9.17, 15) is 0 Å². The molecule has 0 aliphatic heterocycles. The molecule has 0 radical (unpaired) electrons. The third-order valence-corrected chi connectivity index (χ3v) is 6.60. The van der Waals surface area contributed by atoms with E-state index in [-0.39, 0.29) is 27.1 Å². The maximum absolute atomic E-state index is 2.45. The summed E-state index contributed by atoms with van der Waals surface area (Å²) >= 11 is 0. The zero-order chi connectivity index (χ0) is 24.2. The van der Waals surface area contributed by atoms with Crippen LogP contribution in [0.5, 0.6) is 0 Å². The van der Waals surface area contributed by atoms with Crippen LogP contribution in [0.4, 0.5) is 0 Å². The lowest BCUT2D eigenvalue weighted by Crippen LogP contribution is -2.34. The molecule has 0 saturated heterocycles. The van der Waals surface area contributed by atoms with Gasteiger partial charge in [0.2, 0.25) is 0 Å². The molecule has 0 heteroatoms. The summed E-state index contributed by atoms with van der Waals surface area (Å²) < 4.78 is 0. The van der Waals surface area contributed by atoms with Gasteiger partial charge in [0.1, 0.15) is 0 Å². The number of hydrogen-bond acceptors (Lipinski definition) is 0. The molecule has 0 aliphatic carbocycles. The van der Waals surface area contributed by atoms with Gasteiger partial charge in [-0.1, -0.05) is 133 Å². The van der Waals surface area contributed by atoms with Crippen molar-refractivity contribution in [2.24, 2.45) is 0 Å². The highest BCUT2D eigenvalue weighted by Gasteiger charge is 2.39. The predicted molar refractivity (Wildman–Crippen MR) is 140 cm³/mol. The van der Waals surface area contributed by atoms with Crippen LogP contribution in [-0.4, -0.2) is 0 Å². The zero-order valence-electron chi connectivity index (χ0n) is 23.0. The molecule has 0 atom stereocenters. The quantitative estimate of drug-likeness (QED) is 0.454. The first-order chi connectivity index (χ1) is 13.7. The topological polar surface area (TPSA) is 0 Å². The standard InChI is InChI=1S/C31H48/c1-27(2,3)21-17-16-20-24(25(21)30(10,11)12)31(13,14)26-22(28(4,5)6)18-15-19-23(26)29(7,8)9/h15-20H,1-14H3. The summed E-state index contributed by atoms with van der Waals surface area (Å²) in [6.07, 6.45) is 0. The van der Waals surface area contributed by atoms with Crippen molar-refractivity contribution in [1.29, 1.82) is 0 Å². The van der Waals surface area contributed by atoms with Crippen molar-refractivity contribution >= 4 is 0 Å².